The molecule has 1 radical (unpaired) electrons. The number of benzene rings is 1. The number of nitrogens with one attached hydrogen (secondary N) is 1. The summed E-state index contributed by atoms with van der Waals surface area (Å²) >= 11 is 5.73. The van der Waals surface area contributed by atoms with Crippen LogP contribution in [0.5, 0.6) is 0 Å². The minimum atomic E-state index is 0. The van der Waals surface area contributed by atoms with E-state index in [1.165, 1.54) is 0 Å². The number of fused-ring (bicyclic) bond motifs is 1. The van der Waals surface area contributed by atoms with Crippen molar-refractivity contribution in [1.82, 2.24) is 4.98 Å². The zero-order valence-electron chi connectivity index (χ0n) is 6.26. The fourth-order valence-corrected chi connectivity index (χ4v) is 1.26. The van der Waals surface area contributed by atoms with Crippen molar-refractivity contribution in [3.63, 3.8) is 0 Å². The summed E-state index contributed by atoms with van der Waals surface area (Å²) < 4.78 is 0. The molecule has 1 aromatic carbocycles. The first-order valence-electron chi connectivity index (χ1n) is 3.09. The number of halogens is 1. The van der Waals surface area contributed by atoms with Gasteiger partial charge in [-0.1, -0.05) is 29.8 Å². The van der Waals surface area contributed by atoms with Gasteiger partial charge in [0, 0.05) is 40.5 Å². The monoisotopic (exact) mass is 174 g/mol. The van der Waals surface area contributed by atoms with Gasteiger partial charge in [-0.3, -0.25) is 0 Å². The Balaban J connectivity index is 0.000000605. The summed E-state index contributed by atoms with van der Waals surface area (Å²) in [5.41, 5.74) is 1.09. The van der Waals surface area contributed by atoms with E-state index < -0.39 is 0 Å². The number of rotatable bonds is 0. The van der Waals surface area contributed by atoms with Gasteiger partial charge in [0.15, 0.2) is 0 Å². The number of aromatic amines is 1. The van der Waals surface area contributed by atoms with Gasteiger partial charge in [0.2, 0.25) is 0 Å². The van der Waals surface area contributed by atoms with Crippen molar-refractivity contribution in [3.05, 3.63) is 35.5 Å². The van der Waals surface area contributed by atoms with Gasteiger partial charge in [-0.05, 0) is 12.1 Å². The molecular formula is C8H6ClNNa. The Bertz CT molecular complexity index is 323. The van der Waals surface area contributed by atoms with Gasteiger partial charge in [-0.15, -0.1) is 0 Å². The maximum Gasteiger partial charge on any atom is 0.107 e. The number of hydrogen-bond acceptors (Lipinski definition) is 0. The Morgan fingerprint density at radius 1 is 1.18 bits per heavy atom. The van der Waals surface area contributed by atoms with E-state index in [4.69, 9.17) is 11.6 Å². The van der Waals surface area contributed by atoms with Crippen LogP contribution in [0.15, 0.2) is 30.3 Å². The molecule has 1 heterocycles. The van der Waals surface area contributed by atoms with E-state index in [2.05, 4.69) is 4.98 Å². The van der Waals surface area contributed by atoms with Gasteiger partial charge in [-0.2, -0.15) is 0 Å². The molecule has 0 fully saturated rings. The zero-order chi connectivity index (χ0) is 6.97. The number of hydrogen-bond donors (Lipinski definition) is 1. The number of H-pyrrole nitrogens is 1. The van der Waals surface area contributed by atoms with Crippen molar-refractivity contribution in [2.45, 2.75) is 0 Å². The number of para-hydroxylation sites is 1. The Morgan fingerprint density at radius 3 is 2.64 bits per heavy atom. The molecule has 0 unspecified atom stereocenters. The largest absolute Gasteiger partial charge is 0.346 e. The normalized spacial score (nSPS) is 9.55. The van der Waals surface area contributed by atoms with Gasteiger partial charge in [0.05, 0.1) is 0 Å². The average Bonchev–Trinajstić information content (AvgIpc) is 2.27. The van der Waals surface area contributed by atoms with Crippen LogP contribution in [0.1, 0.15) is 0 Å². The third-order valence-electron chi connectivity index (χ3n) is 1.50. The van der Waals surface area contributed by atoms with Crippen LogP contribution >= 0.6 is 11.6 Å². The van der Waals surface area contributed by atoms with Crippen LogP contribution in [0.25, 0.3) is 10.9 Å². The van der Waals surface area contributed by atoms with Crippen molar-refractivity contribution >= 4 is 52.1 Å². The smallest absolute Gasteiger partial charge is 0.107 e. The SMILES string of the molecule is Clc1cc2ccccc2[nH]1.[Na]. The Morgan fingerprint density at radius 2 is 1.91 bits per heavy atom. The predicted molar refractivity (Wildman–Crippen MR) is 49.1 cm³/mol. The molecule has 0 atom stereocenters. The summed E-state index contributed by atoms with van der Waals surface area (Å²) in [7, 11) is 0. The molecule has 2 aromatic rings. The molecule has 0 aliphatic carbocycles. The maximum atomic E-state index is 5.73. The van der Waals surface area contributed by atoms with Crippen LogP contribution in [0, 0.1) is 0 Å². The van der Waals surface area contributed by atoms with E-state index in [0.29, 0.717) is 5.15 Å². The molecule has 0 saturated carbocycles. The van der Waals surface area contributed by atoms with Gasteiger partial charge >= 0.3 is 0 Å². The van der Waals surface area contributed by atoms with Crippen molar-refractivity contribution in [2.24, 2.45) is 0 Å². The fraction of sp³-hybridized carbons (Fsp3) is 0. The Hall–Kier alpha value is 0.0500. The van der Waals surface area contributed by atoms with Crippen molar-refractivity contribution in [2.75, 3.05) is 0 Å². The summed E-state index contributed by atoms with van der Waals surface area (Å²) in [4.78, 5) is 3.02. The number of aromatic nitrogens is 1. The van der Waals surface area contributed by atoms with Crippen LogP contribution in [-0.2, 0) is 0 Å². The molecular weight excluding hydrogens is 169 g/mol. The second-order valence-corrected chi connectivity index (χ2v) is 2.61. The molecule has 0 bridgehead atoms. The molecule has 1 aromatic heterocycles. The van der Waals surface area contributed by atoms with E-state index in [-0.39, 0.29) is 29.6 Å². The molecule has 2 rings (SSSR count). The topological polar surface area (TPSA) is 15.8 Å². The first kappa shape index (κ1) is 9.14. The van der Waals surface area contributed by atoms with E-state index in [9.17, 15) is 0 Å². The van der Waals surface area contributed by atoms with Gasteiger partial charge in [0.1, 0.15) is 5.15 Å². The van der Waals surface area contributed by atoms with E-state index >= 15 is 0 Å². The summed E-state index contributed by atoms with van der Waals surface area (Å²) in [6.07, 6.45) is 0. The predicted octanol–water partition coefficient (Wildman–Crippen LogP) is 2.44. The van der Waals surface area contributed by atoms with Crippen LogP contribution < -0.4 is 0 Å². The summed E-state index contributed by atoms with van der Waals surface area (Å²) in [6, 6.07) is 9.91. The molecule has 0 spiro atoms. The fourth-order valence-electron chi connectivity index (χ4n) is 1.04. The summed E-state index contributed by atoms with van der Waals surface area (Å²) in [5, 5.41) is 1.86. The van der Waals surface area contributed by atoms with Crippen molar-refractivity contribution in [1.29, 1.82) is 0 Å². The maximum absolute atomic E-state index is 5.73. The Kier molecular flexibility index (Phi) is 3.02. The molecule has 0 aliphatic heterocycles. The van der Waals surface area contributed by atoms with Gasteiger partial charge in [0.25, 0.3) is 0 Å². The summed E-state index contributed by atoms with van der Waals surface area (Å²) in [6.45, 7) is 0. The van der Waals surface area contributed by atoms with E-state index in [1.54, 1.807) is 0 Å². The first-order valence-corrected chi connectivity index (χ1v) is 3.47. The second kappa shape index (κ2) is 3.63. The molecule has 0 amide bonds. The standard InChI is InChI=1S/C8H6ClN.Na/c9-8-5-6-3-1-2-4-7(6)10-8;/h1-5,10H;. The molecule has 0 saturated heterocycles. The van der Waals surface area contributed by atoms with Crippen LogP contribution in [0.3, 0.4) is 0 Å². The summed E-state index contributed by atoms with van der Waals surface area (Å²) in [5.74, 6) is 0. The third-order valence-corrected chi connectivity index (χ3v) is 1.70. The molecule has 11 heavy (non-hydrogen) atoms. The van der Waals surface area contributed by atoms with Gasteiger partial charge < -0.3 is 4.98 Å². The molecule has 1 N–H and O–H groups in total. The molecule has 1 nitrogen and oxygen atoms in total. The molecule has 0 aliphatic rings. The quantitative estimate of drug-likeness (QED) is 0.591. The van der Waals surface area contributed by atoms with E-state index in [0.717, 1.165) is 10.9 Å². The molecule has 3 heteroatoms. The van der Waals surface area contributed by atoms with Crippen molar-refractivity contribution in [3.8, 4) is 0 Å². The van der Waals surface area contributed by atoms with Gasteiger partial charge in [-0.25, -0.2) is 0 Å². The second-order valence-electron chi connectivity index (χ2n) is 2.20. The first-order chi connectivity index (χ1) is 4.86. The van der Waals surface area contributed by atoms with Crippen molar-refractivity contribution < 1.29 is 0 Å². The average molecular weight is 175 g/mol. The van der Waals surface area contributed by atoms with Crippen LogP contribution in [0.4, 0.5) is 0 Å². The minimum absolute atomic E-state index is 0. The molecule has 51 valence electrons. The minimum Gasteiger partial charge on any atom is -0.346 e. The third kappa shape index (κ3) is 1.79. The van der Waals surface area contributed by atoms with Crippen LogP contribution in [-0.4, -0.2) is 34.5 Å². The Labute approximate surface area is 92.0 Å². The van der Waals surface area contributed by atoms with Crippen LogP contribution in [0.2, 0.25) is 5.15 Å². The zero-order valence-corrected chi connectivity index (χ0v) is 9.02. The van der Waals surface area contributed by atoms with E-state index in [1.807, 2.05) is 30.3 Å².